The number of fused-ring (bicyclic) bond motifs is 3. The maximum atomic E-state index is 17.3. The summed E-state index contributed by atoms with van der Waals surface area (Å²) in [6.07, 6.45) is 11.3. The Hall–Kier alpha value is -4.84. The van der Waals surface area contributed by atoms with Gasteiger partial charge in [0.05, 0.1) is 39.0 Å². The number of carbonyl (C=O) groups is 1. The van der Waals surface area contributed by atoms with Crippen molar-refractivity contribution in [1.82, 2.24) is 24.8 Å². The number of hydrogen-bond acceptors (Lipinski definition) is 11. The van der Waals surface area contributed by atoms with E-state index >= 15 is 8.78 Å². The minimum Gasteiger partial charge on any atom is -0.508 e. The zero-order chi connectivity index (χ0) is 39.4. The molecule has 3 saturated heterocycles. The molecular weight excluding hydrogens is 722 g/mol. The van der Waals surface area contributed by atoms with Crippen molar-refractivity contribution in [3.05, 3.63) is 41.5 Å². The van der Waals surface area contributed by atoms with Crippen LogP contribution in [0.5, 0.6) is 17.6 Å². The standard InChI is InChI=1S/C42H48F2N6O6/c1-5-28-30(43)11-10-26-17-27(51)18-29(33(26)28)36-35(44)37-34(39(45-36)54-4)38(49-15-16-55-23-41(3,53)22-49)47-40(46-37)56-24-42-12-7-9-31(42)48(14-8-13-42)19-25-20-50(21-25)32(52)6-2/h1,10-11,17-18,25,31,51,53H,6-9,12-16,19-24H2,2-4H3/t31-,41+,42-/m1/s1. The lowest BCUT2D eigenvalue weighted by molar-refractivity contribution is -0.138. The second-order valence-corrected chi connectivity index (χ2v) is 16.1. The smallest absolute Gasteiger partial charge is 0.319 e. The highest BCUT2D eigenvalue weighted by Crippen LogP contribution is 2.49. The monoisotopic (exact) mass is 770 g/mol. The third-order valence-electron chi connectivity index (χ3n) is 12.1. The van der Waals surface area contributed by atoms with Crippen molar-refractivity contribution in [2.45, 2.75) is 64.0 Å². The lowest BCUT2D eigenvalue weighted by Crippen LogP contribution is -2.58. The lowest BCUT2D eigenvalue weighted by Gasteiger charge is -2.49. The summed E-state index contributed by atoms with van der Waals surface area (Å²) in [5.74, 6) is 1.51. The van der Waals surface area contributed by atoms with Crippen molar-refractivity contribution in [3.8, 4) is 41.2 Å². The molecule has 2 aromatic carbocycles. The Balaban J connectivity index is 1.21. The summed E-state index contributed by atoms with van der Waals surface area (Å²) < 4.78 is 50.5. The van der Waals surface area contributed by atoms with Crippen LogP contribution in [0, 0.1) is 35.3 Å². The molecule has 3 atom stereocenters. The van der Waals surface area contributed by atoms with Gasteiger partial charge in [0.15, 0.2) is 5.82 Å². The van der Waals surface area contributed by atoms with Gasteiger partial charge < -0.3 is 34.2 Å². The van der Waals surface area contributed by atoms with Gasteiger partial charge in [0.1, 0.15) is 39.6 Å². The number of aliphatic hydroxyl groups is 1. The molecule has 296 valence electrons. The van der Waals surface area contributed by atoms with E-state index in [-0.39, 0.29) is 87.6 Å². The Morgan fingerprint density at radius 3 is 2.70 bits per heavy atom. The van der Waals surface area contributed by atoms with Gasteiger partial charge in [-0.3, -0.25) is 9.69 Å². The number of methoxy groups -OCH3 is 1. The number of amides is 1. The van der Waals surface area contributed by atoms with E-state index < -0.39 is 17.2 Å². The molecule has 0 radical (unpaired) electrons. The Bertz CT molecular complexity index is 2220. The molecule has 14 heteroatoms. The van der Waals surface area contributed by atoms with E-state index in [9.17, 15) is 15.0 Å². The maximum absolute atomic E-state index is 17.3. The highest BCUT2D eigenvalue weighted by Gasteiger charge is 2.49. The minimum absolute atomic E-state index is 0.0227. The van der Waals surface area contributed by atoms with Gasteiger partial charge in [-0.1, -0.05) is 25.3 Å². The topological polar surface area (TPSA) is 134 Å². The first-order valence-electron chi connectivity index (χ1n) is 19.5. The Kier molecular flexibility index (Phi) is 10.1. The number of phenols is 1. The van der Waals surface area contributed by atoms with E-state index in [2.05, 4.69) is 20.8 Å². The zero-order valence-corrected chi connectivity index (χ0v) is 32.1. The largest absolute Gasteiger partial charge is 0.508 e. The molecule has 8 rings (SSSR count). The molecule has 1 saturated carbocycles. The summed E-state index contributed by atoms with van der Waals surface area (Å²) in [6, 6.07) is 5.62. The van der Waals surface area contributed by atoms with Gasteiger partial charge in [-0.2, -0.15) is 9.97 Å². The van der Waals surface area contributed by atoms with Gasteiger partial charge in [-0.05, 0) is 62.7 Å². The van der Waals surface area contributed by atoms with E-state index in [0.29, 0.717) is 36.9 Å². The molecule has 1 aliphatic carbocycles. The number of pyridine rings is 1. The van der Waals surface area contributed by atoms with Crippen LogP contribution >= 0.6 is 0 Å². The number of aromatic hydroxyl groups is 1. The quantitative estimate of drug-likeness (QED) is 0.215. The van der Waals surface area contributed by atoms with Crippen molar-refractivity contribution in [2.75, 3.05) is 71.1 Å². The van der Waals surface area contributed by atoms with Crippen LogP contribution in [0.1, 0.15) is 57.9 Å². The number of anilines is 1. The van der Waals surface area contributed by atoms with Crippen LogP contribution in [0.25, 0.3) is 32.9 Å². The molecule has 0 bridgehead atoms. The molecule has 3 aliphatic heterocycles. The number of hydrogen-bond donors (Lipinski definition) is 2. The normalized spacial score (nSPS) is 24.5. The molecule has 1 amide bonds. The third-order valence-corrected chi connectivity index (χ3v) is 12.1. The average molecular weight is 771 g/mol. The molecule has 12 nitrogen and oxygen atoms in total. The molecule has 5 heterocycles. The summed E-state index contributed by atoms with van der Waals surface area (Å²) in [4.78, 5) is 32.7. The molecule has 4 aromatic rings. The van der Waals surface area contributed by atoms with Crippen molar-refractivity contribution < 1.29 is 38.0 Å². The lowest BCUT2D eigenvalue weighted by atomic mass is 9.75. The number of terminal acetylenes is 1. The van der Waals surface area contributed by atoms with Gasteiger partial charge in [-0.15, -0.1) is 6.42 Å². The SMILES string of the molecule is C#Cc1c(F)ccc2cc(O)cc(-c3nc(OC)c4c(N5CCOC[C@@](C)(O)C5)nc(OC[C@]56CCC[C@H]5N(CC5CN(C(=O)CC)C5)CCC6)nc4c3F)c12. The summed E-state index contributed by atoms with van der Waals surface area (Å²) in [7, 11) is 1.39. The van der Waals surface area contributed by atoms with Crippen LogP contribution in [0.4, 0.5) is 14.6 Å². The molecule has 0 unspecified atom stereocenters. The molecule has 2 N–H and O–H groups in total. The first-order chi connectivity index (χ1) is 26.9. The fourth-order valence-corrected chi connectivity index (χ4v) is 9.54. The van der Waals surface area contributed by atoms with E-state index in [1.165, 1.54) is 31.4 Å². The highest BCUT2D eigenvalue weighted by atomic mass is 19.1. The van der Waals surface area contributed by atoms with Gasteiger partial charge in [-0.25, -0.2) is 13.8 Å². The fraction of sp³-hybridized carbons (Fsp3) is 0.524. The Morgan fingerprint density at radius 2 is 1.93 bits per heavy atom. The molecule has 4 aliphatic rings. The summed E-state index contributed by atoms with van der Waals surface area (Å²) in [5, 5.41) is 22.7. The number of phenolic OH excluding ortho intramolecular Hbond substituents is 1. The number of aromatic nitrogens is 3. The second kappa shape index (κ2) is 14.9. The summed E-state index contributed by atoms with van der Waals surface area (Å²) in [5.41, 5.74) is -1.88. The number of nitrogens with zero attached hydrogens (tertiary/aromatic N) is 6. The van der Waals surface area contributed by atoms with Gasteiger partial charge in [0, 0.05) is 60.9 Å². The third kappa shape index (κ3) is 6.83. The molecule has 2 aromatic heterocycles. The summed E-state index contributed by atoms with van der Waals surface area (Å²) in [6.45, 7) is 8.20. The van der Waals surface area contributed by atoms with Crippen molar-refractivity contribution in [2.24, 2.45) is 11.3 Å². The van der Waals surface area contributed by atoms with Crippen LogP contribution < -0.4 is 14.4 Å². The summed E-state index contributed by atoms with van der Waals surface area (Å²) >= 11 is 0. The van der Waals surface area contributed by atoms with Crippen molar-refractivity contribution >= 4 is 33.4 Å². The van der Waals surface area contributed by atoms with E-state index in [0.717, 1.165) is 58.3 Å². The maximum Gasteiger partial charge on any atom is 0.319 e. The van der Waals surface area contributed by atoms with Gasteiger partial charge >= 0.3 is 6.01 Å². The predicted octanol–water partition coefficient (Wildman–Crippen LogP) is 5.29. The van der Waals surface area contributed by atoms with E-state index in [1.54, 1.807) is 11.8 Å². The first-order valence-corrected chi connectivity index (χ1v) is 19.5. The number of β-amino-alcohol motifs (C(OH)–C–C–N with tert-alkyl or cyclic N) is 1. The van der Waals surface area contributed by atoms with Crippen LogP contribution in [0.15, 0.2) is 24.3 Å². The predicted molar refractivity (Wildman–Crippen MR) is 207 cm³/mol. The molecular formula is C42H48F2N6O6. The molecule has 56 heavy (non-hydrogen) atoms. The number of benzene rings is 2. The van der Waals surface area contributed by atoms with Gasteiger partial charge in [0.25, 0.3) is 0 Å². The van der Waals surface area contributed by atoms with Crippen LogP contribution in [-0.2, 0) is 9.53 Å². The number of ether oxygens (including phenoxy) is 3. The number of rotatable bonds is 9. The number of carbonyl (C=O) groups excluding carboxylic acids is 1. The number of likely N-dealkylation sites (tertiary alicyclic amines) is 2. The second-order valence-electron chi connectivity index (χ2n) is 16.1. The number of halogens is 2. The Morgan fingerprint density at radius 1 is 1.12 bits per heavy atom. The van der Waals surface area contributed by atoms with E-state index in [4.69, 9.17) is 25.6 Å². The number of piperidine rings is 1. The zero-order valence-electron chi connectivity index (χ0n) is 32.1. The van der Waals surface area contributed by atoms with Crippen LogP contribution in [0.2, 0.25) is 0 Å². The Labute approximate surface area is 324 Å². The van der Waals surface area contributed by atoms with Crippen LogP contribution in [-0.4, -0.2) is 119 Å². The average Bonchev–Trinajstić information content (AvgIpc) is 3.52. The van der Waals surface area contributed by atoms with E-state index in [1.807, 2.05) is 11.8 Å². The fourth-order valence-electron chi connectivity index (χ4n) is 9.54. The van der Waals surface area contributed by atoms with Gasteiger partial charge in [0.2, 0.25) is 11.8 Å². The van der Waals surface area contributed by atoms with Crippen molar-refractivity contribution in [1.29, 1.82) is 0 Å². The first kappa shape index (κ1) is 38.1. The molecule has 4 fully saturated rings. The van der Waals surface area contributed by atoms with Crippen LogP contribution in [0.3, 0.4) is 0 Å². The minimum atomic E-state index is -1.26. The highest BCUT2D eigenvalue weighted by molar-refractivity contribution is 6.04. The van der Waals surface area contributed by atoms with Crippen molar-refractivity contribution in [3.63, 3.8) is 0 Å². The molecule has 0 spiro atoms.